The summed E-state index contributed by atoms with van der Waals surface area (Å²) in [6, 6.07) is 12.7. The lowest BCUT2D eigenvalue weighted by Gasteiger charge is -2.15. The molecule has 0 unspecified atom stereocenters. The number of benzene rings is 3. The van der Waals surface area contributed by atoms with Crippen LogP contribution in [0.1, 0.15) is 23.0 Å². The Morgan fingerprint density at radius 2 is 1.63 bits per heavy atom. The first-order valence-electron chi connectivity index (χ1n) is 12.8. The number of oxazole rings is 1. The Bertz CT molecular complexity index is 1950. The number of sulfone groups is 1. The number of aromatic nitrogens is 3. The summed E-state index contributed by atoms with van der Waals surface area (Å²) in [6.07, 6.45) is -2.11. The van der Waals surface area contributed by atoms with Crippen molar-refractivity contribution < 1.29 is 40.2 Å². The highest BCUT2D eigenvalue weighted by Crippen LogP contribution is 2.40. The van der Waals surface area contributed by atoms with Crippen molar-refractivity contribution in [3.8, 4) is 45.1 Å². The highest BCUT2D eigenvalue weighted by Gasteiger charge is 2.31. The SMILES string of the molecule is Cc1cn(-c2ccc(-c3cc(F)c(CO)c(S(C)(=O)=O)c3)cc2-c2nc(C)oc2-c2ccc(OC(F)(F)F)cc2)c(C)n1. The molecular weight excluding hydrogens is 590 g/mol. The van der Waals surface area contributed by atoms with Gasteiger partial charge in [0, 0.05) is 36.1 Å². The van der Waals surface area contributed by atoms with Gasteiger partial charge in [0.05, 0.1) is 22.9 Å². The quantitative estimate of drug-likeness (QED) is 0.203. The van der Waals surface area contributed by atoms with Crippen LogP contribution in [0, 0.1) is 26.6 Å². The topological polar surface area (TPSA) is 107 Å². The number of aryl methyl sites for hydroxylation is 3. The Labute approximate surface area is 244 Å². The minimum atomic E-state index is -4.85. The van der Waals surface area contributed by atoms with Gasteiger partial charge in [0.1, 0.15) is 23.1 Å². The number of nitrogens with zero attached hydrogens (tertiary/aromatic N) is 3. The Morgan fingerprint density at radius 1 is 0.953 bits per heavy atom. The molecule has 0 aliphatic carbocycles. The summed E-state index contributed by atoms with van der Waals surface area (Å²) in [5.74, 6) is -0.113. The molecule has 0 saturated heterocycles. The molecule has 0 saturated carbocycles. The number of aliphatic hydroxyl groups excluding tert-OH is 1. The molecule has 5 aromatic rings. The average Bonchev–Trinajstić information content (AvgIpc) is 3.47. The van der Waals surface area contributed by atoms with E-state index in [0.29, 0.717) is 33.9 Å². The minimum absolute atomic E-state index is 0.233. The molecule has 2 aromatic heterocycles. The van der Waals surface area contributed by atoms with Crippen LogP contribution in [-0.2, 0) is 16.4 Å². The number of hydrogen-bond donors (Lipinski definition) is 1. The third-order valence-corrected chi connectivity index (χ3v) is 7.81. The molecule has 0 bridgehead atoms. The lowest BCUT2D eigenvalue weighted by molar-refractivity contribution is -0.274. The fourth-order valence-electron chi connectivity index (χ4n) is 4.85. The van der Waals surface area contributed by atoms with Crippen LogP contribution in [0.15, 0.2) is 70.1 Å². The van der Waals surface area contributed by atoms with Crippen LogP contribution in [0.4, 0.5) is 17.6 Å². The first-order valence-corrected chi connectivity index (χ1v) is 14.7. The van der Waals surface area contributed by atoms with Gasteiger partial charge in [-0.1, -0.05) is 6.07 Å². The van der Waals surface area contributed by atoms with Crippen molar-refractivity contribution >= 4 is 9.84 Å². The van der Waals surface area contributed by atoms with E-state index in [-0.39, 0.29) is 27.7 Å². The standard InChI is InChI=1S/C30H25F4N3O5S/c1-16-14-37(17(2)35-16)26-10-7-20(21-12-25(31)24(15-38)27(13-21)43(4,39)40)11-23(26)28-29(41-18(3)36-28)19-5-8-22(9-6-19)42-30(32,33)34/h5-14,38H,15H2,1-4H3. The Hall–Kier alpha value is -4.49. The molecule has 3 aromatic carbocycles. The largest absolute Gasteiger partial charge is 0.573 e. The van der Waals surface area contributed by atoms with Gasteiger partial charge in [0.25, 0.3) is 0 Å². The van der Waals surface area contributed by atoms with Gasteiger partial charge >= 0.3 is 6.36 Å². The van der Waals surface area contributed by atoms with Crippen molar-refractivity contribution in [1.82, 2.24) is 14.5 Å². The van der Waals surface area contributed by atoms with Gasteiger partial charge in [-0.3, -0.25) is 0 Å². The van der Waals surface area contributed by atoms with Crippen molar-refractivity contribution in [2.45, 2.75) is 38.6 Å². The molecule has 0 radical (unpaired) electrons. The number of hydrogen-bond acceptors (Lipinski definition) is 7. The van der Waals surface area contributed by atoms with E-state index >= 15 is 4.39 Å². The molecular formula is C30H25F4N3O5S. The second kappa shape index (κ2) is 11.0. The highest BCUT2D eigenvalue weighted by atomic mass is 32.2. The monoisotopic (exact) mass is 615 g/mol. The van der Waals surface area contributed by atoms with Crippen LogP contribution in [-0.4, -0.2) is 40.7 Å². The van der Waals surface area contributed by atoms with Crippen LogP contribution in [0.3, 0.4) is 0 Å². The van der Waals surface area contributed by atoms with E-state index in [4.69, 9.17) is 4.42 Å². The third kappa shape index (κ3) is 6.18. The van der Waals surface area contributed by atoms with Gasteiger partial charge in [-0.15, -0.1) is 13.2 Å². The van der Waals surface area contributed by atoms with Gasteiger partial charge in [0.2, 0.25) is 0 Å². The Kier molecular flexibility index (Phi) is 7.65. The lowest BCUT2D eigenvalue weighted by atomic mass is 9.97. The molecule has 0 atom stereocenters. The molecule has 2 heterocycles. The molecule has 5 rings (SSSR count). The van der Waals surface area contributed by atoms with Crippen molar-refractivity contribution in [3.63, 3.8) is 0 Å². The van der Waals surface area contributed by atoms with Gasteiger partial charge in [-0.05, 0) is 73.5 Å². The molecule has 43 heavy (non-hydrogen) atoms. The fraction of sp³-hybridized carbons (Fsp3) is 0.200. The molecule has 0 fully saturated rings. The molecule has 0 aliphatic rings. The van der Waals surface area contributed by atoms with E-state index in [0.717, 1.165) is 30.1 Å². The summed E-state index contributed by atoms with van der Waals surface area (Å²) in [5.41, 5.74) is 2.93. The second-order valence-corrected chi connectivity index (χ2v) is 11.9. The maximum atomic E-state index is 15.0. The van der Waals surface area contributed by atoms with Crippen molar-refractivity contribution in [2.24, 2.45) is 0 Å². The van der Waals surface area contributed by atoms with Gasteiger partial charge in [-0.2, -0.15) is 0 Å². The molecule has 1 N–H and O–H groups in total. The molecule has 13 heteroatoms. The molecule has 224 valence electrons. The fourth-order valence-corrected chi connectivity index (χ4v) is 5.80. The van der Waals surface area contributed by atoms with Gasteiger partial charge in [0.15, 0.2) is 21.5 Å². The molecule has 8 nitrogen and oxygen atoms in total. The molecule has 0 amide bonds. The zero-order chi connectivity index (χ0) is 31.3. The van der Waals surface area contributed by atoms with Crippen molar-refractivity contribution in [2.75, 3.05) is 6.26 Å². The molecule has 0 spiro atoms. The smallest absolute Gasteiger partial charge is 0.440 e. The number of aliphatic hydroxyl groups is 1. The van der Waals surface area contributed by atoms with Crippen LogP contribution in [0.25, 0.3) is 39.4 Å². The van der Waals surface area contributed by atoms with Crippen molar-refractivity contribution in [3.05, 3.63) is 89.6 Å². The van der Waals surface area contributed by atoms with E-state index in [1.165, 1.54) is 18.2 Å². The average molecular weight is 616 g/mol. The van der Waals surface area contributed by atoms with E-state index in [2.05, 4.69) is 14.7 Å². The summed E-state index contributed by atoms with van der Waals surface area (Å²) in [4.78, 5) is 8.72. The second-order valence-electron chi connectivity index (χ2n) is 9.88. The normalized spacial score (nSPS) is 12.1. The van der Waals surface area contributed by atoms with E-state index in [9.17, 15) is 26.7 Å². The van der Waals surface area contributed by atoms with Crippen LogP contribution >= 0.6 is 0 Å². The number of ether oxygens (including phenoxy) is 1. The van der Waals surface area contributed by atoms with Crippen LogP contribution < -0.4 is 4.74 Å². The number of imidazole rings is 1. The summed E-state index contributed by atoms with van der Waals surface area (Å²) in [7, 11) is -3.89. The summed E-state index contributed by atoms with van der Waals surface area (Å²) in [6.45, 7) is 4.45. The molecule has 0 aliphatic heterocycles. The minimum Gasteiger partial charge on any atom is -0.440 e. The van der Waals surface area contributed by atoms with Gasteiger partial charge < -0.3 is 18.8 Å². The maximum Gasteiger partial charge on any atom is 0.573 e. The van der Waals surface area contributed by atoms with E-state index in [1.807, 2.05) is 11.5 Å². The summed E-state index contributed by atoms with van der Waals surface area (Å²) < 4.78 is 89.7. The zero-order valence-corrected chi connectivity index (χ0v) is 24.1. The number of rotatable bonds is 7. The lowest BCUT2D eigenvalue weighted by Crippen LogP contribution is -2.16. The van der Waals surface area contributed by atoms with E-state index < -0.39 is 34.4 Å². The number of alkyl halides is 3. The predicted molar refractivity (Wildman–Crippen MR) is 150 cm³/mol. The summed E-state index contributed by atoms with van der Waals surface area (Å²) >= 11 is 0. The predicted octanol–water partition coefficient (Wildman–Crippen LogP) is 6.72. The highest BCUT2D eigenvalue weighted by molar-refractivity contribution is 7.90. The first kappa shape index (κ1) is 30.0. The van der Waals surface area contributed by atoms with E-state index in [1.54, 1.807) is 38.2 Å². The van der Waals surface area contributed by atoms with Gasteiger partial charge in [-0.25, -0.2) is 22.8 Å². The Morgan fingerprint density at radius 3 is 2.21 bits per heavy atom. The maximum absolute atomic E-state index is 15.0. The zero-order valence-electron chi connectivity index (χ0n) is 23.3. The summed E-state index contributed by atoms with van der Waals surface area (Å²) in [5, 5.41) is 9.63. The van der Waals surface area contributed by atoms with Crippen LogP contribution in [0.5, 0.6) is 5.75 Å². The first-order chi connectivity index (χ1) is 20.1. The number of halogens is 4. The third-order valence-electron chi connectivity index (χ3n) is 6.64. The van der Waals surface area contributed by atoms with Crippen molar-refractivity contribution in [1.29, 1.82) is 0 Å². The Balaban J connectivity index is 1.73. The van der Waals surface area contributed by atoms with Crippen LogP contribution in [0.2, 0.25) is 0 Å².